The van der Waals surface area contributed by atoms with Crippen molar-refractivity contribution in [1.82, 2.24) is 9.80 Å². The second-order valence-corrected chi connectivity index (χ2v) is 9.17. The van der Waals surface area contributed by atoms with Crippen LogP contribution in [0.3, 0.4) is 0 Å². The number of carbonyl (C=O) groups excluding carboxylic acids is 2. The minimum Gasteiger partial charge on any atom is -0.393 e. The Kier molecular flexibility index (Phi) is 5.66. The van der Waals surface area contributed by atoms with E-state index in [2.05, 4.69) is 0 Å². The molecule has 2 saturated carbocycles. The van der Waals surface area contributed by atoms with Crippen molar-refractivity contribution >= 4 is 23.4 Å². The van der Waals surface area contributed by atoms with Crippen LogP contribution in [0.4, 0.5) is 0 Å². The van der Waals surface area contributed by atoms with Crippen LogP contribution in [0.2, 0.25) is 5.02 Å². The third kappa shape index (κ3) is 3.79. The van der Waals surface area contributed by atoms with Crippen LogP contribution in [0.15, 0.2) is 24.3 Å². The SMILES string of the molecule is CN(C(=O)C1CCN(C(=O)c2ccccc2Cl)CC1)C1C[C@H]2CC(O)C[C@H]2C1. The zero-order valence-electron chi connectivity index (χ0n) is 16.4. The van der Waals surface area contributed by atoms with E-state index in [1.807, 2.05) is 29.0 Å². The van der Waals surface area contributed by atoms with E-state index in [1.54, 1.807) is 12.1 Å². The summed E-state index contributed by atoms with van der Waals surface area (Å²) in [6, 6.07) is 7.43. The molecule has 4 atom stereocenters. The maximum Gasteiger partial charge on any atom is 0.255 e. The van der Waals surface area contributed by atoms with E-state index in [-0.39, 0.29) is 23.8 Å². The standard InChI is InChI=1S/C22H29ClN2O3/c1-24(17-10-15-12-18(26)13-16(15)11-17)21(27)14-6-8-25(9-7-14)22(28)19-4-2-3-5-20(19)23/h2-5,14-18,26H,6-13H2,1H3/t15-,16+,17?,18?. The number of carbonyl (C=O) groups is 2. The second-order valence-electron chi connectivity index (χ2n) is 8.77. The molecule has 1 N–H and O–H groups in total. The molecular formula is C22H29ClN2O3. The van der Waals surface area contributed by atoms with Gasteiger partial charge < -0.3 is 14.9 Å². The van der Waals surface area contributed by atoms with Gasteiger partial charge in [0.25, 0.3) is 5.91 Å². The number of hydrogen-bond donors (Lipinski definition) is 1. The molecule has 3 aliphatic rings. The minimum atomic E-state index is -0.142. The Morgan fingerprint density at radius 1 is 1.07 bits per heavy atom. The number of amides is 2. The molecule has 152 valence electrons. The van der Waals surface area contributed by atoms with Gasteiger partial charge in [-0.1, -0.05) is 23.7 Å². The number of aliphatic hydroxyl groups is 1. The number of nitrogens with zero attached hydrogens (tertiary/aromatic N) is 2. The first-order valence-electron chi connectivity index (χ1n) is 10.4. The Balaban J connectivity index is 1.31. The lowest BCUT2D eigenvalue weighted by molar-refractivity contribution is -0.137. The van der Waals surface area contributed by atoms with Gasteiger partial charge in [0, 0.05) is 32.1 Å². The monoisotopic (exact) mass is 404 g/mol. The van der Waals surface area contributed by atoms with Crippen molar-refractivity contribution in [2.75, 3.05) is 20.1 Å². The molecule has 0 radical (unpaired) electrons. The highest BCUT2D eigenvalue weighted by Crippen LogP contribution is 2.45. The molecule has 4 rings (SSSR count). The number of fused-ring (bicyclic) bond motifs is 1. The Labute approximate surface area is 171 Å². The van der Waals surface area contributed by atoms with E-state index in [1.165, 1.54) is 0 Å². The van der Waals surface area contributed by atoms with Crippen molar-refractivity contribution in [3.8, 4) is 0 Å². The maximum absolute atomic E-state index is 13.0. The highest BCUT2D eigenvalue weighted by Gasteiger charge is 2.44. The van der Waals surface area contributed by atoms with Crippen molar-refractivity contribution < 1.29 is 14.7 Å². The van der Waals surface area contributed by atoms with E-state index in [4.69, 9.17) is 11.6 Å². The topological polar surface area (TPSA) is 60.9 Å². The lowest BCUT2D eigenvalue weighted by atomic mass is 9.94. The molecule has 5 nitrogen and oxygen atoms in total. The Hall–Kier alpha value is -1.59. The van der Waals surface area contributed by atoms with Gasteiger partial charge in [-0.3, -0.25) is 9.59 Å². The zero-order valence-corrected chi connectivity index (χ0v) is 17.1. The largest absolute Gasteiger partial charge is 0.393 e. The molecule has 3 fully saturated rings. The molecule has 28 heavy (non-hydrogen) atoms. The molecule has 1 saturated heterocycles. The van der Waals surface area contributed by atoms with Gasteiger partial charge in [-0.15, -0.1) is 0 Å². The second kappa shape index (κ2) is 8.03. The summed E-state index contributed by atoms with van der Waals surface area (Å²) in [5, 5.41) is 10.3. The predicted octanol–water partition coefficient (Wildman–Crippen LogP) is 3.20. The molecular weight excluding hydrogens is 376 g/mol. The van der Waals surface area contributed by atoms with Crippen LogP contribution in [-0.2, 0) is 4.79 Å². The van der Waals surface area contributed by atoms with Crippen LogP contribution in [0.1, 0.15) is 48.9 Å². The van der Waals surface area contributed by atoms with Gasteiger partial charge >= 0.3 is 0 Å². The fraction of sp³-hybridized carbons (Fsp3) is 0.636. The first kappa shape index (κ1) is 19.7. The smallest absolute Gasteiger partial charge is 0.255 e. The molecule has 6 heteroatoms. The van der Waals surface area contributed by atoms with E-state index in [9.17, 15) is 14.7 Å². The van der Waals surface area contributed by atoms with Gasteiger partial charge in [-0.05, 0) is 62.5 Å². The fourth-order valence-corrected chi connectivity index (χ4v) is 5.69. The molecule has 1 aromatic rings. The molecule has 0 bridgehead atoms. The Morgan fingerprint density at radius 2 is 1.68 bits per heavy atom. The summed E-state index contributed by atoms with van der Waals surface area (Å²) in [6.45, 7) is 1.19. The zero-order chi connectivity index (χ0) is 19.8. The van der Waals surface area contributed by atoms with Crippen molar-refractivity contribution in [2.24, 2.45) is 17.8 Å². The lowest BCUT2D eigenvalue weighted by Gasteiger charge is -2.35. The quantitative estimate of drug-likeness (QED) is 0.841. The van der Waals surface area contributed by atoms with E-state index >= 15 is 0 Å². The molecule has 2 aliphatic carbocycles. The van der Waals surface area contributed by atoms with Crippen molar-refractivity contribution in [2.45, 2.75) is 50.7 Å². The summed E-state index contributed by atoms with van der Waals surface area (Å²) < 4.78 is 0. The van der Waals surface area contributed by atoms with E-state index in [0.717, 1.165) is 25.7 Å². The van der Waals surface area contributed by atoms with Crippen LogP contribution >= 0.6 is 11.6 Å². The van der Waals surface area contributed by atoms with Gasteiger partial charge in [-0.2, -0.15) is 0 Å². The molecule has 0 spiro atoms. The summed E-state index contributed by atoms with van der Waals surface area (Å²) in [5.41, 5.74) is 0.533. The van der Waals surface area contributed by atoms with Crippen LogP contribution in [0, 0.1) is 17.8 Å². The van der Waals surface area contributed by atoms with Crippen LogP contribution in [0.25, 0.3) is 0 Å². The molecule has 2 amide bonds. The fourth-order valence-electron chi connectivity index (χ4n) is 5.47. The van der Waals surface area contributed by atoms with Crippen LogP contribution in [0.5, 0.6) is 0 Å². The highest BCUT2D eigenvalue weighted by molar-refractivity contribution is 6.33. The van der Waals surface area contributed by atoms with Gasteiger partial charge in [0.05, 0.1) is 16.7 Å². The first-order chi connectivity index (χ1) is 13.4. The number of halogens is 1. The normalized spacial score (nSPS) is 30.3. The van der Waals surface area contributed by atoms with Crippen LogP contribution in [-0.4, -0.2) is 59.0 Å². The number of piperidine rings is 1. The molecule has 1 heterocycles. The maximum atomic E-state index is 13.0. The van der Waals surface area contributed by atoms with Gasteiger partial charge in [0.1, 0.15) is 0 Å². The molecule has 0 aromatic heterocycles. The number of likely N-dealkylation sites (tertiary alicyclic amines) is 1. The first-order valence-corrected chi connectivity index (χ1v) is 10.8. The van der Waals surface area contributed by atoms with E-state index in [0.29, 0.717) is 54.4 Å². The average molecular weight is 405 g/mol. The Bertz CT molecular complexity index is 733. The highest BCUT2D eigenvalue weighted by atomic mass is 35.5. The van der Waals surface area contributed by atoms with Gasteiger partial charge in [0.2, 0.25) is 5.91 Å². The third-order valence-corrected chi connectivity index (χ3v) is 7.43. The summed E-state index contributed by atoms with van der Waals surface area (Å²) in [5.74, 6) is 1.31. The lowest BCUT2D eigenvalue weighted by Crippen LogP contribution is -2.45. The van der Waals surface area contributed by atoms with Crippen molar-refractivity contribution in [3.05, 3.63) is 34.9 Å². The molecule has 1 aliphatic heterocycles. The average Bonchev–Trinajstić information content (AvgIpc) is 3.24. The number of rotatable bonds is 3. The summed E-state index contributed by atoms with van der Waals surface area (Å²) in [6.07, 6.45) is 5.10. The van der Waals surface area contributed by atoms with Gasteiger partial charge in [-0.25, -0.2) is 0 Å². The van der Waals surface area contributed by atoms with E-state index < -0.39 is 0 Å². The number of aliphatic hydroxyl groups excluding tert-OH is 1. The van der Waals surface area contributed by atoms with Crippen LogP contribution < -0.4 is 0 Å². The number of hydrogen-bond acceptors (Lipinski definition) is 3. The summed E-state index contributed by atoms with van der Waals surface area (Å²) >= 11 is 6.16. The van der Waals surface area contributed by atoms with Gasteiger partial charge in [0.15, 0.2) is 0 Å². The summed E-state index contributed by atoms with van der Waals surface area (Å²) in [4.78, 5) is 29.5. The third-order valence-electron chi connectivity index (χ3n) is 7.10. The van der Waals surface area contributed by atoms with Crippen molar-refractivity contribution in [3.63, 3.8) is 0 Å². The molecule has 2 unspecified atom stereocenters. The summed E-state index contributed by atoms with van der Waals surface area (Å²) in [7, 11) is 1.94. The van der Waals surface area contributed by atoms with Crippen molar-refractivity contribution in [1.29, 1.82) is 0 Å². The minimum absolute atomic E-state index is 0.00803. The Morgan fingerprint density at radius 3 is 2.29 bits per heavy atom. The predicted molar refractivity (Wildman–Crippen MR) is 108 cm³/mol. The molecule has 1 aromatic carbocycles. The number of benzene rings is 1.